The number of rotatable bonds is 6. The van der Waals surface area contributed by atoms with Gasteiger partial charge in [-0.15, -0.1) is 0 Å². The van der Waals surface area contributed by atoms with E-state index in [4.69, 9.17) is 21.1 Å². The van der Waals surface area contributed by atoms with Gasteiger partial charge >= 0.3 is 0 Å². The number of amides is 1. The van der Waals surface area contributed by atoms with Crippen LogP contribution in [0.15, 0.2) is 42.5 Å². The van der Waals surface area contributed by atoms with E-state index in [0.29, 0.717) is 16.5 Å². The fourth-order valence-corrected chi connectivity index (χ4v) is 1.96. The second-order valence-corrected chi connectivity index (χ2v) is 4.84. The molecule has 23 heavy (non-hydrogen) atoms. The van der Waals surface area contributed by atoms with Crippen LogP contribution in [0.2, 0.25) is 5.02 Å². The van der Waals surface area contributed by atoms with Crippen molar-refractivity contribution in [3.63, 3.8) is 0 Å². The Kier molecular flexibility index (Phi) is 5.37. The number of nitro benzene ring substituents is 1. The summed E-state index contributed by atoms with van der Waals surface area (Å²) in [6.45, 7) is -0.302. The lowest BCUT2D eigenvalue weighted by Crippen LogP contribution is -2.20. The van der Waals surface area contributed by atoms with Gasteiger partial charge in [-0.2, -0.15) is 0 Å². The van der Waals surface area contributed by atoms with Crippen molar-refractivity contribution in [2.75, 3.05) is 19.0 Å². The van der Waals surface area contributed by atoms with Gasteiger partial charge in [0.25, 0.3) is 11.6 Å². The third-order valence-electron chi connectivity index (χ3n) is 2.85. The van der Waals surface area contributed by atoms with Crippen LogP contribution in [0.4, 0.5) is 11.4 Å². The van der Waals surface area contributed by atoms with E-state index in [0.717, 1.165) is 0 Å². The van der Waals surface area contributed by atoms with Gasteiger partial charge in [0.2, 0.25) is 0 Å². The molecule has 1 N–H and O–H groups in total. The Labute approximate surface area is 136 Å². The molecular formula is C15H13ClN2O5. The molecule has 120 valence electrons. The number of hydrogen-bond donors (Lipinski definition) is 1. The quantitative estimate of drug-likeness (QED) is 0.645. The molecule has 0 aliphatic heterocycles. The lowest BCUT2D eigenvalue weighted by Gasteiger charge is -2.09. The number of halogens is 1. The Balaban J connectivity index is 1.95. The first-order valence-corrected chi connectivity index (χ1v) is 6.88. The van der Waals surface area contributed by atoms with Gasteiger partial charge in [0.1, 0.15) is 11.5 Å². The topological polar surface area (TPSA) is 90.7 Å². The maximum absolute atomic E-state index is 11.9. The van der Waals surface area contributed by atoms with Gasteiger partial charge in [-0.1, -0.05) is 17.7 Å². The fourth-order valence-electron chi connectivity index (χ4n) is 1.75. The Morgan fingerprint density at radius 1 is 1.26 bits per heavy atom. The molecule has 0 unspecified atom stereocenters. The number of non-ortho nitro benzene ring substituents is 1. The van der Waals surface area contributed by atoms with Crippen molar-refractivity contribution in [3.8, 4) is 11.5 Å². The van der Waals surface area contributed by atoms with Crippen LogP contribution in [0.1, 0.15) is 0 Å². The summed E-state index contributed by atoms with van der Waals surface area (Å²) in [7, 11) is 1.51. The molecule has 0 bridgehead atoms. The molecule has 0 saturated heterocycles. The molecule has 2 aromatic carbocycles. The Hall–Kier alpha value is -2.80. The van der Waals surface area contributed by atoms with Gasteiger partial charge in [0, 0.05) is 12.1 Å². The molecule has 0 aromatic heterocycles. The molecule has 8 heteroatoms. The Morgan fingerprint density at radius 2 is 2.04 bits per heavy atom. The number of nitrogens with zero attached hydrogens (tertiary/aromatic N) is 1. The molecule has 2 aromatic rings. The fraction of sp³-hybridized carbons (Fsp3) is 0.133. The van der Waals surface area contributed by atoms with E-state index in [1.165, 1.54) is 31.4 Å². The highest BCUT2D eigenvalue weighted by Crippen LogP contribution is 2.26. The van der Waals surface area contributed by atoms with Gasteiger partial charge < -0.3 is 14.8 Å². The second kappa shape index (κ2) is 7.46. The van der Waals surface area contributed by atoms with E-state index >= 15 is 0 Å². The van der Waals surface area contributed by atoms with Crippen LogP contribution < -0.4 is 14.8 Å². The standard InChI is InChI=1S/C15H13ClN2O5/c1-22-11-5-6-14(13(16)8-11)17-15(19)9-23-12-4-2-3-10(7-12)18(20)21/h2-8H,9H2,1H3,(H,17,19). The van der Waals surface area contributed by atoms with Crippen LogP contribution >= 0.6 is 11.6 Å². The first kappa shape index (κ1) is 16.6. The van der Waals surface area contributed by atoms with Crippen LogP contribution in [0.3, 0.4) is 0 Å². The molecular weight excluding hydrogens is 324 g/mol. The molecule has 0 fully saturated rings. The number of carbonyl (C=O) groups excluding carboxylic acids is 1. The minimum Gasteiger partial charge on any atom is -0.497 e. The molecule has 0 spiro atoms. The van der Waals surface area contributed by atoms with Crippen molar-refractivity contribution >= 4 is 28.9 Å². The highest BCUT2D eigenvalue weighted by molar-refractivity contribution is 6.33. The first-order chi connectivity index (χ1) is 11.0. The van der Waals surface area contributed by atoms with Gasteiger partial charge in [0.15, 0.2) is 6.61 Å². The summed E-state index contributed by atoms with van der Waals surface area (Å²) in [5, 5.41) is 13.6. The monoisotopic (exact) mass is 336 g/mol. The van der Waals surface area contributed by atoms with E-state index in [9.17, 15) is 14.9 Å². The zero-order valence-electron chi connectivity index (χ0n) is 12.1. The molecule has 2 rings (SSSR count). The number of benzene rings is 2. The summed E-state index contributed by atoms with van der Waals surface area (Å²) < 4.78 is 10.2. The van der Waals surface area contributed by atoms with Gasteiger partial charge in [-0.05, 0) is 18.2 Å². The minimum atomic E-state index is -0.538. The van der Waals surface area contributed by atoms with Crippen LogP contribution in [0, 0.1) is 10.1 Å². The number of anilines is 1. The molecule has 0 aliphatic carbocycles. The van der Waals surface area contributed by atoms with Crippen LogP contribution in [0.25, 0.3) is 0 Å². The van der Waals surface area contributed by atoms with Crippen LogP contribution in [-0.2, 0) is 4.79 Å². The molecule has 0 saturated carbocycles. The van der Waals surface area contributed by atoms with Crippen molar-refractivity contribution in [2.45, 2.75) is 0 Å². The van der Waals surface area contributed by atoms with Crippen molar-refractivity contribution < 1.29 is 19.2 Å². The number of carbonyl (C=O) groups is 1. The van der Waals surface area contributed by atoms with Crippen molar-refractivity contribution in [1.29, 1.82) is 0 Å². The van der Waals surface area contributed by atoms with Crippen LogP contribution in [0.5, 0.6) is 11.5 Å². The number of ether oxygens (including phenoxy) is 2. The van der Waals surface area contributed by atoms with Gasteiger partial charge in [-0.25, -0.2) is 0 Å². The zero-order valence-corrected chi connectivity index (χ0v) is 12.9. The smallest absolute Gasteiger partial charge is 0.273 e. The molecule has 1 amide bonds. The predicted molar refractivity (Wildman–Crippen MR) is 85.2 cm³/mol. The maximum atomic E-state index is 11.9. The Morgan fingerprint density at radius 3 is 2.70 bits per heavy atom. The Bertz CT molecular complexity index is 736. The summed E-state index contributed by atoms with van der Waals surface area (Å²) in [6, 6.07) is 10.4. The van der Waals surface area contributed by atoms with Crippen molar-refractivity contribution in [3.05, 3.63) is 57.6 Å². The second-order valence-electron chi connectivity index (χ2n) is 4.44. The van der Waals surface area contributed by atoms with E-state index < -0.39 is 10.8 Å². The minimum absolute atomic E-state index is 0.110. The van der Waals surface area contributed by atoms with Crippen molar-refractivity contribution in [1.82, 2.24) is 0 Å². The number of hydrogen-bond acceptors (Lipinski definition) is 5. The number of nitrogens with one attached hydrogen (secondary N) is 1. The van der Waals surface area contributed by atoms with Crippen LogP contribution in [-0.4, -0.2) is 24.5 Å². The van der Waals surface area contributed by atoms with E-state index in [1.54, 1.807) is 18.2 Å². The molecule has 0 aliphatic rings. The SMILES string of the molecule is COc1ccc(NC(=O)COc2cccc([N+](=O)[O-])c2)c(Cl)c1. The summed E-state index contributed by atoms with van der Waals surface area (Å²) in [4.78, 5) is 22.0. The molecule has 0 radical (unpaired) electrons. The first-order valence-electron chi connectivity index (χ1n) is 6.50. The highest BCUT2D eigenvalue weighted by atomic mass is 35.5. The molecule has 7 nitrogen and oxygen atoms in total. The summed E-state index contributed by atoms with van der Waals surface area (Å²) in [5.41, 5.74) is 0.307. The lowest BCUT2D eigenvalue weighted by atomic mass is 10.3. The summed E-state index contributed by atoms with van der Waals surface area (Å²) in [6.07, 6.45) is 0. The van der Waals surface area contributed by atoms with Gasteiger partial charge in [0.05, 0.1) is 28.8 Å². The largest absolute Gasteiger partial charge is 0.497 e. The van der Waals surface area contributed by atoms with Crippen molar-refractivity contribution in [2.24, 2.45) is 0 Å². The summed E-state index contributed by atoms with van der Waals surface area (Å²) >= 11 is 6.01. The number of nitro groups is 1. The highest BCUT2D eigenvalue weighted by Gasteiger charge is 2.10. The van der Waals surface area contributed by atoms with E-state index in [2.05, 4.69) is 5.32 Å². The maximum Gasteiger partial charge on any atom is 0.273 e. The average Bonchev–Trinajstić information content (AvgIpc) is 2.55. The number of methoxy groups -OCH3 is 1. The normalized spacial score (nSPS) is 10.0. The lowest BCUT2D eigenvalue weighted by molar-refractivity contribution is -0.384. The molecule has 0 atom stereocenters. The zero-order chi connectivity index (χ0) is 16.8. The average molecular weight is 337 g/mol. The third-order valence-corrected chi connectivity index (χ3v) is 3.16. The third kappa shape index (κ3) is 4.58. The van der Waals surface area contributed by atoms with E-state index in [-0.39, 0.29) is 18.0 Å². The van der Waals surface area contributed by atoms with Gasteiger partial charge in [-0.3, -0.25) is 14.9 Å². The summed E-state index contributed by atoms with van der Waals surface area (Å²) in [5.74, 6) is 0.361. The predicted octanol–water partition coefficient (Wildman–Crippen LogP) is 3.27. The van der Waals surface area contributed by atoms with E-state index in [1.807, 2.05) is 0 Å². The molecule has 0 heterocycles.